The molecule has 0 aliphatic carbocycles. The van der Waals surface area contributed by atoms with E-state index in [1.807, 2.05) is 6.07 Å². The highest BCUT2D eigenvalue weighted by atomic mass is 16.3. The van der Waals surface area contributed by atoms with Crippen molar-refractivity contribution in [3.63, 3.8) is 0 Å². The van der Waals surface area contributed by atoms with Crippen LogP contribution in [0.5, 0.6) is 0 Å². The molecular formula is C48H31NO. The smallest absolute Gasteiger partial charge is 0.137 e. The zero-order chi connectivity index (χ0) is 33.0. The first kappa shape index (κ1) is 28.4. The van der Waals surface area contributed by atoms with E-state index in [1.165, 1.54) is 54.6 Å². The highest BCUT2D eigenvalue weighted by molar-refractivity contribution is 6.18. The summed E-state index contributed by atoms with van der Waals surface area (Å²) in [5, 5.41) is 9.59. The number of para-hydroxylation sites is 1. The van der Waals surface area contributed by atoms with E-state index in [0.29, 0.717) is 0 Å². The number of hydrogen-bond acceptors (Lipinski definition) is 2. The van der Waals surface area contributed by atoms with Crippen LogP contribution < -0.4 is 4.90 Å². The van der Waals surface area contributed by atoms with Crippen LogP contribution in [-0.4, -0.2) is 0 Å². The number of nitrogens with zero attached hydrogens (tertiary/aromatic N) is 1. The van der Waals surface area contributed by atoms with Gasteiger partial charge in [0, 0.05) is 16.5 Å². The summed E-state index contributed by atoms with van der Waals surface area (Å²) in [6.45, 7) is 0. The van der Waals surface area contributed by atoms with Crippen LogP contribution in [0.25, 0.3) is 76.5 Å². The number of furan rings is 1. The van der Waals surface area contributed by atoms with Crippen molar-refractivity contribution in [3.05, 3.63) is 188 Å². The molecular weight excluding hydrogens is 607 g/mol. The number of benzene rings is 9. The molecule has 0 unspecified atom stereocenters. The third-order valence-corrected chi connectivity index (χ3v) is 10.0. The normalized spacial score (nSPS) is 11.6. The Morgan fingerprint density at radius 3 is 1.76 bits per heavy atom. The van der Waals surface area contributed by atoms with E-state index in [2.05, 4.69) is 187 Å². The van der Waals surface area contributed by atoms with Crippen LogP contribution in [0.4, 0.5) is 17.1 Å². The van der Waals surface area contributed by atoms with Gasteiger partial charge < -0.3 is 9.32 Å². The Labute approximate surface area is 290 Å². The van der Waals surface area contributed by atoms with E-state index in [4.69, 9.17) is 4.42 Å². The van der Waals surface area contributed by atoms with Crippen LogP contribution in [0.15, 0.2) is 192 Å². The summed E-state index contributed by atoms with van der Waals surface area (Å²) in [7, 11) is 0. The Hall–Kier alpha value is -6.64. The summed E-state index contributed by atoms with van der Waals surface area (Å²) in [6.07, 6.45) is 0. The molecule has 0 spiro atoms. The van der Waals surface area contributed by atoms with Gasteiger partial charge in [-0.2, -0.15) is 0 Å². The van der Waals surface area contributed by atoms with E-state index in [-0.39, 0.29) is 0 Å². The Morgan fingerprint density at radius 1 is 0.340 bits per heavy atom. The summed E-state index contributed by atoms with van der Waals surface area (Å²) in [5.41, 5.74) is 9.87. The molecule has 0 saturated heterocycles. The number of anilines is 3. The lowest BCUT2D eigenvalue weighted by Crippen LogP contribution is -2.11. The average Bonchev–Trinajstić information content (AvgIpc) is 3.58. The van der Waals surface area contributed by atoms with Crippen molar-refractivity contribution < 1.29 is 4.42 Å². The maximum Gasteiger partial charge on any atom is 0.137 e. The van der Waals surface area contributed by atoms with Gasteiger partial charge in [0.05, 0.1) is 16.8 Å². The van der Waals surface area contributed by atoms with Crippen LogP contribution in [0.1, 0.15) is 0 Å². The molecule has 2 nitrogen and oxygen atoms in total. The predicted octanol–water partition coefficient (Wildman–Crippen LogP) is 13.8. The fraction of sp³-hybridized carbons (Fsp3) is 0. The minimum absolute atomic E-state index is 0.875. The van der Waals surface area contributed by atoms with Crippen molar-refractivity contribution in [1.82, 2.24) is 0 Å². The lowest BCUT2D eigenvalue weighted by Gasteiger charge is -2.28. The summed E-state index contributed by atoms with van der Waals surface area (Å²) >= 11 is 0. The van der Waals surface area contributed by atoms with Crippen LogP contribution in [0.3, 0.4) is 0 Å². The first-order valence-electron chi connectivity index (χ1n) is 17.1. The van der Waals surface area contributed by atoms with Gasteiger partial charge in [-0.25, -0.2) is 0 Å². The Kier molecular flexibility index (Phi) is 6.53. The molecule has 0 aliphatic rings. The van der Waals surface area contributed by atoms with Gasteiger partial charge in [0.15, 0.2) is 0 Å². The Bertz CT molecular complexity index is 2880. The highest BCUT2D eigenvalue weighted by Gasteiger charge is 2.22. The van der Waals surface area contributed by atoms with E-state index >= 15 is 0 Å². The van der Waals surface area contributed by atoms with Gasteiger partial charge >= 0.3 is 0 Å². The molecule has 234 valence electrons. The maximum atomic E-state index is 6.40. The molecule has 0 N–H and O–H groups in total. The summed E-state index contributed by atoms with van der Waals surface area (Å²) in [4.78, 5) is 2.41. The molecule has 0 atom stereocenters. The molecule has 0 radical (unpaired) electrons. The van der Waals surface area contributed by atoms with Crippen molar-refractivity contribution in [2.75, 3.05) is 4.90 Å². The van der Waals surface area contributed by atoms with Crippen molar-refractivity contribution in [2.45, 2.75) is 0 Å². The molecule has 0 aliphatic heterocycles. The summed E-state index contributed by atoms with van der Waals surface area (Å²) < 4.78 is 6.40. The lowest BCUT2D eigenvalue weighted by molar-refractivity contribution is 0.669. The van der Waals surface area contributed by atoms with Crippen LogP contribution >= 0.6 is 0 Å². The lowest BCUT2D eigenvalue weighted by atomic mass is 9.93. The second kappa shape index (κ2) is 11.5. The van der Waals surface area contributed by atoms with Gasteiger partial charge in [-0.05, 0) is 91.6 Å². The van der Waals surface area contributed by atoms with Crippen molar-refractivity contribution in [3.8, 4) is 22.3 Å². The third kappa shape index (κ3) is 4.57. The second-order valence-electron chi connectivity index (χ2n) is 12.9. The number of hydrogen-bond donors (Lipinski definition) is 0. The zero-order valence-electron chi connectivity index (χ0n) is 27.3. The molecule has 50 heavy (non-hydrogen) atoms. The molecule has 0 amide bonds. The number of fused-ring (bicyclic) bond motifs is 7. The maximum absolute atomic E-state index is 6.40. The minimum Gasteiger partial charge on any atom is -0.456 e. The molecule has 1 heterocycles. The molecule has 0 fully saturated rings. The minimum atomic E-state index is 0.875. The van der Waals surface area contributed by atoms with Gasteiger partial charge in [-0.1, -0.05) is 146 Å². The molecule has 9 aromatic carbocycles. The summed E-state index contributed by atoms with van der Waals surface area (Å²) in [5.74, 6) is 0. The SMILES string of the molecule is c1ccc(-c2ccc3ccccc3c2)c(-c2ccc(N(c3cc4ccccc4c4ccccc34)c3cccc4oc5ccccc5c34)cc2)c1. The van der Waals surface area contributed by atoms with E-state index in [1.54, 1.807) is 0 Å². The van der Waals surface area contributed by atoms with Gasteiger partial charge in [0.2, 0.25) is 0 Å². The second-order valence-corrected chi connectivity index (χ2v) is 12.9. The average molecular weight is 638 g/mol. The first-order chi connectivity index (χ1) is 24.8. The third-order valence-electron chi connectivity index (χ3n) is 10.0. The monoisotopic (exact) mass is 637 g/mol. The van der Waals surface area contributed by atoms with Crippen LogP contribution in [0, 0.1) is 0 Å². The van der Waals surface area contributed by atoms with Crippen molar-refractivity contribution >= 4 is 71.3 Å². The first-order valence-corrected chi connectivity index (χ1v) is 17.1. The van der Waals surface area contributed by atoms with Gasteiger partial charge in [-0.3, -0.25) is 0 Å². The molecule has 0 saturated carbocycles. The summed E-state index contributed by atoms with van der Waals surface area (Å²) in [6, 6.07) is 67.6. The largest absolute Gasteiger partial charge is 0.456 e. The standard InChI is InChI=1S/C48H31NO/c1-2-13-34-30-36(25-24-32(34)12-1)39-16-6-5-15-38(39)33-26-28-37(29-27-33)49(44-21-11-23-47-48(44)43-20-9-10-22-46(43)50-47)45-31-35-14-3-4-17-40(35)41-18-7-8-19-42(41)45/h1-31H. The fourth-order valence-corrected chi connectivity index (χ4v) is 7.70. The molecule has 10 aromatic rings. The topological polar surface area (TPSA) is 16.4 Å². The Morgan fingerprint density at radius 2 is 0.940 bits per heavy atom. The molecule has 1 aromatic heterocycles. The van der Waals surface area contributed by atoms with Crippen molar-refractivity contribution in [1.29, 1.82) is 0 Å². The van der Waals surface area contributed by atoms with E-state index in [9.17, 15) is 0 Å². The highest BCUT2D eigenvalue weighted by Crippen LogP contribution is 2.47. The van der Waals surface area contributed by atoms with Gasteiger partial charge in [0.25, 0.3) is 0 Å². The van der Waals surface area contributed by atoms with Gasteiger partial charge in [0.1, 0.15) is 11.2 Å². The molecule has 2 heteroatoms. The predicted molar refractivity (Wildman–Crippen MR) is 212 cm³/mol. The Balaban J connectivity index is 1.19. The zero-order valence-corrected chi connectivity index (χ0v) is 27.3. The molecule has 0 bridgehead atoms. The van der Waals surface area contributed by atoms with E-state index in [0.717, 1.165) is 39.0 Å². The quantitative estimate of drug-likeness (QED) is 0.175. The molecule has 10 rings (SSSR count). The van der Waals surface area contributed by atoms with E-state index < -0.39 is 0 Å². The van der Waals surface area contributed by atoms with Crippen molar-refractivity contribution in [2.24, 2.45) is 0 Å². The van der Waals surface area contributed by atoms with Gasteiger partial charge in [-0.15, -0.1) is 0 Å². The number of rotatable bonds is 5. The van der Waals surface area contributed by atoms with Crippen LogP contribution in [-0.2, 0) is 0 Å². The van der Waals surface area contributed by atoms with Crippen LogP contribution in [0.2, 0.25) is 0 Å². The fourth-order valence-electron chi connectivity index (χ4n) is 7.70.